The van der Waals surface area contributed by atoms with Gasteiger partial charge in [0, 0.05) is 0 Å². The lowest BCUT2D eigenvalue weighted by Gasteiger charge is -2.19. The number of benzene rings is 1. The van der Waals surface area contributed by atoms with Crippen molar-refractivity contribution in [2.45, 2.75) is 26.4 Å². The fourth-order valence-corrected chi connectivity index (χ4v) is 4.01. The van der Waals surface area contributed by atoms with Crippen molar-refractivity contribution in [2.24, 2.45) is 0 Å². The van der Waals surface area contributed by atoms with Crippen LogP contribution in [0.15, 0.2) is 34.8 Å². The Morgan fingerprint density at radius 3 is 2.36 bits per heavy atom. The zero-order valence-corrected chi connectivity index (χ0v) is 16.8. The summed E-state index contributed by atoms with van der Waals surface area (Å²) in [5.74, 6) is -0.753. The highest BCUT2D eigenvalue weighted by molar-refractivity contribution is 9.10. The lowest BCUT2D eigenvalue weighted by molar-refractivity contribution is -0.157. The van der Waals surface area contributed by atoms with Crippen LogP contribution in [0.25, 0.3) is 10.4 Å². The van der Waals surface area contributed by atoms with Gasteiger partial charge < -0.3 is 14.2 Å². The summed E-state index contributed by atoms with van der Waals surface area (Å²) in [7, 11) is 1.30. The monoisotopic (exact) mass is 426 g/mol. The van der Waals surface area contributed by atoms with Gasteiger partial charge in [0.2, 0.25) is 0 Å². The van der Waals surface area contributed by atoms with E-state index in [1.807, 2.05) is 30.3 Å². The summed E-state index contributed by atoms with van der Waals surface area (Å²) >= 11 is 4.71. The van der Waals surface area contributed by atoms with Crippen LogP contribution in [0.4, 0.5) is 0 Å². The summed E-state index contributed by atoms with van der Waals surface area (Å²) in [6.45, 7) is 5.03. The summed E-state index contributed by atoms with van der Waals surface area (Å²) < 4.78 is 16.2. The predicted molar refractivity (Wildman–Crippen MR) is 100 cm³/mol. The second-order valence-corrected chi connectivity index (χ2v) is 7.95. The van der Waals surface area contributed by atoms with Crippen molar-refractivity contribution in [3.63, 3.8) is 0 Å². The van der Waals surface area contributed by atoms with Gasteiger partial charge in [-0.05, 0) is 42.3 Å². The van der Waals surface area contributed by atoms with E-state index < -0.39 is 17.5 Å². The van der Waals surface area contributed by atoms with Crippen LogP contribution >= 0.6 is 27.3 Å². The summed E-state index contributed by atoms with van der Waals surface area (Å²) in [6, 6.07) is 9.57. The molecule has 0 unspecified atom stereocenters. The highest BCUT2D eigenvalue weighted by atomic mass is 79.9. The van der Waals surface area contributed by atoms with Gasteiger partial charge in [-0.1, -0.05) is 30.3 Å². The van der Waals surface area contributed by atoms with Crippen molar-refractivity contribution in [3.8, 4) is 16.2 Å². The molecule has 2 rings (SSSR count). The number of halogens is 1. The van der Waals surface area contributed by atoms with Gasteiger partial charge in [-0.15, -0.1) is 11.3 Å². The fourth-order valence-electron chi connectivity index (χ4n) is 2.03. The molecule has 0 aliphatic carbocycles. The normalized spacial score (nSPS) is 11.1. The third-order valence-electron chi connectivity index (χ3n) is 2.97. The van der Waals surface area contributed by atoms with Crippen LogP contribution in [0.2, 0.25) is 0 Å². The van der Waals surface area contributed by atoms with E-state index in [0.29, 0.717) is 4.47 Å². The first-order chi connectivity index (χ1) is 11.7. The smallest absolute Gasteiger partial charge is 0.351 e. The van der Waals surface area contributed by atoms with E-state index in [1.165, 1.54) is 18.4 Å². The summed E-state index contributed by atoms with van der Waals surface area (Å²) in [4.78, 5) is 25.1. The quantitative estimate of drug-likeness (QED) is 0.649. The average Bonchev–Trinajstić information content (AvgIpc) is 2.88. The molecule has 25 heavy (non-hydrogen) atoms. The molecule has 1 heterocycles. The molecule has 0 saturated heterocycles. The van der Waals surface area contributed by atoms with E-state index >= 15 is 0 Å². The standard InChI is InChI=1S/C18H19BrO5S/c1-18(2,3)24-12(20)10-23-14-13(19)15(11-8-6-5-7-9-11)25-16(14)17(21)22-4/h5-9H,10H2,1-4H3. The van der Waals surface area contributed by atoms with Crippen molar-refractivity contribution >= 4 is 39.2 Å². The number of rotatable bonds is 5. The number of hydrogen-bond donors (Lipinski definition) is 0. The Bertz CT molecular complexity index is 762. The van der Waals surface area contributed by atoms with Crippen LogP contribution in [0.1, 0.15) is 30.4 Å². The van der Waals surface area contributed by atoms with E-state index in [0.717, 1.165) is 10.4 Å². The van der Waals surface area contributed by atoms with Crippen molar-refractivity contribution in [1.29, 1.82) is 0 Å². The molecule has 2 aromatic rings. The minimum atomic E-state index is -0.604. The van der Waals surface area contributed by atoms with Gasteiger partial charge in [-0.2, -0.15) is 0 Å². The Morgan fingerprint density at radius 2 is 1.80 bits per heavy atom. The molecule has 0 amide bonds. The first-order valence-electron chi connectivity index (χ1n) is 7.53. The van der Waals surface area contributed by atoms with Crippen molar-refractivity contribution in [3.05, 3.63) is 39.7 Å². The first kappa shape index (κ1) is 19.5. The van der Waals surface area contributed by atoms with E-state index in [4.69, 9.17) is 14.2 Å². The van der Waals surface area contributed by atoms with Gasteiger partial charge in [0.05, 0.1) is 16.5 Å². The van der Waals surface area contributed by atoms with Crippen LogP contribution in [-0.2, 0) is 14.3 Å². The molecule has 0 spiro atoms. The maximum Gasteiger partial charge on any atom is 0.351 e. The van der Waals surface area contributed by atoms with Crippen LogP contribution in [0.5, 0.6) is 5.75 Å². The molecular formula is C18H19BrO5S. The number of esters is 2. The van der Waals surface area contributed by atoms with Crippen LogP contribution < -0.4 is 4.74 Å². The Hall–Kier alpha value is -1.86. The van der Waals surface area contributed by atoms with Gasteiger partial charge in [0.15, 0.2) is 17.2 Å². The number of carbonyl (C=O) groups excluding carboxylic acids is 2. The Kier molecular flexibility index (Phi) is 6.24. The molecule has 0 bridgehead atoms. The number of thiophene rings is 1. The van der Waals surface area contributed by atoms with Crippen molar-refractivity contribution < 1.29 is 23.8 Å². The Morgan fingerprint density at radius 1 is 1.16 bits per heavy atom. The zero-order valence-electron chi connectivity index (χ0n) is 14.4. The van der Waals surface area contributed by atoms with Gasteiger partial charge in [0.1, 0.15) is 5.60 Å². The zero-order chi connectivity index (χ0) is 18.6. The minimum absolute atomic E-state index is 0.279. The Labute approximate surface area is 159 Å². The molecule has 0 saturated carbocycles. The molecule has 0 aliphatic rings. The number of carbonyl (C=O) groups is 2. The second kappa shape index (κ2) is 8.01. The number of methoxy groups -OCH3 is 1. The third-order valence-corrected chi connectivity index (χ3v) is 5.19. The van der Waals surface area contributed by atoms with Gasteiger partial charge >= 0.3 is 11.9 Å². The molecule has 0 aliphatic heterocycles. The van der Waals surface area contributed by atoms with E-state index in [1.54, 1.807) is 20.8 Å². The van der Waals surface area contributed by atoms with Gasteiger partial charge in [-0.3, -0.25) is 0 Å². The molecule has 0 radical (unpaired) electrons. The van der Waals surface area contributed by atoms with E-state index in [2.05, 4.69) is 15.9 Å². The summed E-state index contributed by atoms with van der Waals surface area (Å²) in [5.41, 5.74) is 0.323. The molecule has 1 aromatic heterocycles. The maximum absolute atomic E-state index is 12.1. The molecule has 0 N–H and O–H groups in total. The topological polar surface area (TPSA) is 61.8 Å². The minimum Gasteiger partial charge on any atom is -0.479 e. The molecule has 0 fully saturated rings. The number of hydrogen-bond acceptors (Lipinski definition) is 6. The lowest BCUT2D eigenvalue weighted by Crippen LogP contribution is -2.27. The Balaban J connectivity index is 2.31. The highest BCUT2D eigenvalue weighted by Crippen LogP contribution is 2.45. The molecule has 7 heteroatoms. The van der Waals surface area contributed by atoms with Crippen LogP contribution in [0, 0.1) is 0 Å². The molecule has 5 nitrogen and oxygen atoms in total. The van der Waals surface area contributed by atoms with Crippen LogP contribution in [-0.4, -0.2) is 31.3 Å². The molecule has 134 valence electrons. The number of ether oxygens (including phenoxy) is 3. The second-order valence-electron chi connectivity index (χ2n) is 6.14. The van der Waals surface area contributed by atoms with E-state index in [-0.39, 0.29) is 17.2 Å². The average molecular weight is 427 g/mol. The van der Waals surface area contributed by atoms with E-state index in [9.17, 15) is 9.59 Å². The summed E-state index contributed by atoms with van der Waals surface area (Å²) in [5, 5.41) is 0. The highest BCUT2D eigenvalue weighted by Gasteiger charge is 2.26. The lowest BCUT2D eigenvalue weighted by atomic mass is 10.2. The SMILES string of the molecule is COC(=O)c1sc(-c2ccccc2)c(Br)c1OCC(=O)OC(C)(C)C. The summed E-state index contributed by atoms with van der Waals surface area (Å²) in [6.07, 6.45) is 0. The predicted octanol–water partition coefficient (Wildman–Crippen LogP) is 4.68. The first-order valence-corrected chi connectivity index (χ1v) is 9.14. The van der Waals surface area contributed by atoms with Crippen molar-refractivity contribution in [2.75, 3.05) is 13.7 Å². The van der Waals surface area contributed by atoms with Gasteiger partial charge in [0.25, 0.3) is 0 Å². The van der Waals surface area contributed by atoms with Crippen molar-refractivity contribution in [1.82, 2.24) is 0 Å². The molecule has 0 atom stereocenters. The van der Waals surface area contributed by atoms with Gasteiger partial charge in [-0.25, -0.2) is 9.59 Å². The third kappa shape index (κ3) is 5.06. The molecule has 1 aromatic carbocycles. The molecular weight excluding hydrogens is 408 g/mol. The van der Waals surface area contributed by atoms with Crippen LogP contribution in [0.3, 0.4) is 0 Å². The largest absolute Gasteiger partial charge is 0.479 e. The maximum atomic E-state index is 12.1. The fraction of sp³-hybridized carbons (Fsp3) is 0.333.